The number of primary amides is 1. The van der Waals surface area contributed by atoms with Gasteiger partial charge < -0.3 is 42.7 Å². The standard InChI is InChI=1S/C15H25N5O9S/c16-6(1-2-11(23)24)12(25)19-8(4-21)13(26)20-9(5-30)14(27)18-7(15(28)29)3-10(17)22/h6-9,21,30H,1-5,16H2,(H2,17,22)(H,18,27)(H,19,25)(H,20,26)(H,23,24)(H,28,29). The summed E-state index contributed by atoms with van der Waals surface area (Å²) < 4.78 is 0. The van der Waals surface area contributed by atoms with E-state index in [1.54, 1.807) is 0 Å². The van der Waals surface area contributed by atoms with Gasteiger partial charge >= 0.3 is 11.9 Å². The third-order valence-corrected chi connectivity index (χ3v) is 4.02. The van der Waals surface area contributed by atoms with E-state index in [1.807, 2.05) is 5.32 Å². The van der Waals surface area contributed by atoms with Crippen LogP contribution in [0, 0.1) is 0 Å². The van der Waals surface area contributed by atoms with Gasteiger partial charge in [-0.2, -0.15) is 12.6 Å². The smallest absolute Gasteiger partial charge is 0.326 e. The Kier molecular flexibility index (Phi) is 12.0. The molecule has 0 rings (SSSR count). The van der Waals surface area contributed by atoms with E-state index in [4.69, 9.17) is 21.7 Å². The van der Waals surface area contributed by atoms with Crippen LogP contribution in [0.5, 0.6) is 0 Å². The number of hydrogen-bond acceptors (Lipinski definition) is 9. The molecule has 0 aromatic rings. The molecule has 0 fully saturated rings. The first-order valence-corrected chi connectivity index (χ1v) is 9.17. The van der Waals surface area contributed by atoms with Crippen LogP contribution in [0.3, 0.4) is 0 Å². The zero-order chi connectivity index (χ0) is 23.4. The number of thiol groups is 1. The number of nitrogens with two attached hydrogens (primary N) is 2. The lowest BCUT2D eigenvalue weighted by atomic mass is 10.1. The van der Waals surface area contributed by atoms with Crippen molar-refractivity contribution in [2.45, 2.75) is 43.4 Å². The summed E-state index contributed by atoms with van der Waals surface area (Å²) >= 11 is 3.88. The molecule has 4 atom stereocenters. The summed E-state index contributed by atoms with van der Waals surface area (Å²) in [6, 6.07) is -5.78. The van der Waals surface area contributed by atoms with Gasteiger partial charge in [-0.3, -0.25) is 24.0 Å². The molecule has 0 spiro atoms. The summed E-state index contributed by atoms with van der Waals surface area (Å²) in [5.74, 6) is -6.86. The second-order valence-electron chi connectivity index (χ2n) is 6.10. The largest absolute Gasteiger partial charge is 0.481 e. The maximum Gasteiger partial charge on any atom is 0.326 e. The molecule has 0 heterocycles. The van der Waals surface area contributed by atoms with Gasteiger partial charge in [-0.25, -0.2) is 4.79 Å². The van der Waals surface area contributed by atoms with Crippen molar-refractivity contribution in [2.24, 2.45) is 11.5 Å². The number of rotatable bonds is 14. The van der Waals surface area contributed by atoms with Crippen molar-refractivity contribution in [1.29, 1.82) is 0 Å². The van der Waals surface area contributed by atoms with E-state index in [9.17, 15) is 33.9 Å². The minimum Gasteiger partial charge on any atom is -0.481 e. The first-order valence-electron chi connectivity index (χ1n) is 8.54. The Morgan fingerprint density at radius 1 is 0.867 bits per heavy atom. The van der Waals surface area contributed by atoms with Crippen molar-refractivity contribution in [3.05, 3.63) is 0 Å². The van der Waals surface area contributed by atoms with E-state index in [0.717, 1.165) is 0 Å². The molecule has 10 N–H and O–H groups in total. The predicted octanol–water partition coefficient (Wildman–Crippen LogP) is -4.48. The highest BCUT2D eigenvalue weighted by molar-refractivity contribution is 7.80. The van der Waals surface area contributed by atoms with Gasteiger partial charge in [0.15, 0.2) is 0 Å². The SMILES string of the molecule is NC(=O)CC(NC(=O)C(CS)NC(=O)C(CO)NC(=O)C(N)CCC(=O)O)C(=O)O. The number of carbonyl (C=O) groups is 6. The summed E-state index contributed by atoms with van der Waals surface area (Å²) in [6.07, 6.45) is -1.28. The summed E-state index contributed by atoms with van der Waals surface area (Å²) in [7, 11) is 0. The van der Waals surface area contributed by atoms with Crippen LogP contribution in [-0.2, 0) is 28.8 Å². The van der Waals surface area contributed by atoms with E-state index in [2.05, 4.69) is 23.3 Å². The van der Waals surface area contributed by atoms with Gasteiger partial charge in [0.1, 0.15) is 18.1 Å². The van der Waals surface area contributed by atoms with Crippen molar-refractivity contribution in [2.75, 3.05) is 12.4 Å². The number of amides is 4. The molecule has 14 nitrogen and oxygen atoms in total. The van der Waals surface area contributed by atoms with Crippen LogP contribution >= 0.6 is 12.6 Å². The van der Waals surface area contributed by atoms with Crippen LogP contribution in [0.15, 0.2) is 0 Å². The lowest BCUT2D eigenvalue weighted by Crippen LogP contribution is -2.58. The number of carbonyl (C=O) groups excluding carboxylic acids is 4. The molecular weight excluding hydrogens is 426 g/mol. The minimum atomic E-state index is -1.63. The molecule has 170 valence electrons. The quantitative estimate of drug-likeness (QED) is 0.114. The summed E-state index contributed by atoms with van der Waals surface area (Å²) in [5.41, 5.74) is 10.4. The van der Waals surface area contributed by atoms with Gasteiger partial charge in [-0.1, -0.05) is 0 Å². The third-order valence-electron chi connectivity index (χ3n) is 3.66. The maximum absolute atomic E-state index is 12.2. The van der Waals surface area contributed by atoms with Gasteiger partial charge in [0.2, 0.25) is 23.6 Å². The minimum absolute atomic E-state index is 0.209. The Morgan fingerprint density at radius 2 is 1.37 bits per heavy atom. The van der Waals surface area contributed by atoms with Crippen LogP contribution in [0.2, 0.25) is 0 Å². The topological polar surface area (TPSA) is 251 Å². The average molecular weight is 451 g/mol. The monoisotopic (exact) mass is 451 g/mol. The van der Waals surface area contributed by atoms with Gasteiger partial charge in [-0.05, 0) is 6.42 Å². The van der Waals surface area contributed by atoms with Crippen LogP contribution in [0.4, 0.5) is 0 Å². The number of aliphatic hydroxyl groups is 1. The fourth-order valence-electron chi connectivity index (χ4n) is 2.02. The maximum atomic E-state index is 12.2. The van der Waals surface area contributed by atoms with E-state index in [-0.39, 0.29) is 18.6 Å². The Hall–Kier alpha value is -2.91. The van der Waals surface area contributed by atoms with Crippen LogP contribution in [0.25, 0.3) is 0 Å². The van der Waals surface area contributed by atoms with Gasteiger partial charge in [-0.15, -0.1) is 0 Å². The van der Waals surface area contributed by atoms with Crippen molar-refractivity contribution in [1.82, 2.24) is 16.0 Å². The van der Waals surface area contributed by atoms with Crippen LogP contribution in [-0.4, -0.2) is 87.4 Å². The molecule has 0 saturated carbocycles. The van der Waals surface area contributed by atoms with Crippen LogP contribution < -0.4 is 27.4 Å². The van der Waals surface area contributed by atoms with Crippen molar-refractivity contribution < 1.29 is 44.1 Å². The number of carboxylic acid groups (broad SMARTS) is 2. The highest BCUT2D eigenvalue weighted by Crippen LogP contribution is 1.99. The molecule has 0 bridgehead atoms. The molecule has 0 aliphatic carbocycles. The zero-order valence-corrected chi connectivity index (χ0v) is 16.6. The fourth-order valence-corrected chi connectivity index (χ4v) is 2.28. The molecule has 0 aromatic carbocycles. The summed E-state index contributed by atoms with van der Waals surface area (Å²) in [5, 5.41) is 33.2. The van der Waals surface area contributed by atoms with Crippen molar-refractivity contribution in [3.63, 3.8) is 0 Å². The van der Waals surface area contributed by atoms with Gasteiger partial charge in [0.25, 0.3) is 0 Å². The highest BCUT2D eigenvalue weighted by atomic mass is 32.1. The van der Waals surface area contributed by atoms with Crippen molar-refractivity contribution >= 4 is 48.2 Å². The lowest BCUT2D eigenvalue weighted by molar-refractivity contribution is -0.143. The molecule has 30 heavy (non-hydrogen) atoms. The molecule has 4 amide bonds. The van der Waals surface area contributed by atoms with E-state index >= 15 is 0 Å². The number of aliphatic carboxylic acids is 2. The first-order chi connectivity index (χ1) is 13.9. The zero-order valence-electron chi connectivity index (χ0n) is 15.7. The number of aliphatic hydroxyl groups excluding tert-OH is 1. The Bertz CT molecular complexity index is 675. The molecule has 0 saturated heterocycles. The molecule has 0 aliphatic heterocycles. The Balaban J connectivity index is 4.97. The third kappa shape index (κ3) is 10.0. The Morgan fingerprint density at radius 3 is 1.80 bits per heavy atom. The van der Waals surface area contributed by atoms with E-state index in [0.29, 0.717) is 0 Å². The number of hydrogen-bond donors (Lipinski definition) is 9. The van der Waals surface area contributed by atoms with Crippen LogP contribution in [0.1, 0.15) is 19.3 Å². The Labute approximate surface area is 176 Å². The van der Waals surface area contributed by atoms with Gasteiger partial charge in [0.05, 0.1) is 19.1 Å². The van der Waals surface area contributed by atoms with Crippen molar-refractivity contribution in [3.8, 4) is 0 Å². The van der Waals surface area contributed by atoms with E-state index < -0.39 is 72.8 Å². The molecule has 0 aliphatic rings. The summed E-state index contributed by atoms with van der Waals surface area (Å²) in [4.78, 5) is 68.8. The normalized spacial score (nSPS) is 14.5. The second-order valence-corrected chi connectivity index (χ2v) is 6.46. The molecule has 0 radical (unpaired) electrons. The molecule has 0 aromatic heterocycles. The molecular formula is C15H25N5O9S. The second kappa shape index (κ2) is 13.3. The first kappa shape index (κ1) is 27.1. The average Bonchev–Trinajstić information content (AvgIpc) is 2.66. The van der Waals surface area contributed by atoms with Gasteiger partial charge in [0, 0.05) is 12.2 Å². The molecule has 15 heteroatoms. The lowest BCUT2D eigenvalue weighted by Gasteiger charge is -2.23. The highest BCUT2D eigenvalue weighted by Gasteiger charge is 2.30. The summed E-state index contributed by atoms with van der Waals surface area (Å²) in [6.45, 7) is -0.871. The number of carboxylic acids is 2. The fraction of sp³-hybridized carbons (Fsp3) is 0.600. The van der Waals surface area contributed by atoms with E-state index in [1.165, 1.54) is 0 Å². The predicted molar refractivity (Wildman–Crippen MR) is 103 cm³/mol. The number of nitrogens with one attached hydrogen (secondary N) is 3. The molecule has 4 unspecified atom stereocenters.